The largest absolute Gasteiger partial charge is 0.0623 e. The van der Waals surface area contributed by atoms with Crippen LogP contribution in [0, 0.1) is 4.40 Å². The summed E-state index contributed by atoms with van der Waals surface area (Å²) in [6, 6.07) is 107. The molecule has 11 aromatic carbocycles. The van der Waals surface area contributed by atoms with Crippen molar-refractivity contribution in [2.75, 3.05) is 14.2 Å². The fraction of sp³-hybridized carbons (Fsp3) is 0.0800. The van der Waals surface area contributed by atoms with Crippen LogP contribution in [0.5, 0.6) is 11.5 Å². The summed E-state index contributed by atoms with van der Waals surface area (Å²) >= 11 is 6.61. The van der Waals surface area contributed by atoms with Crippen LogP contribution in [0.3, 0.4) is 0 Å². The van der Waals surface area contributed by atoms with Crippen molar-refractivity contribution >= 4 is 0 Å². The Labute approximate surface area is 478 Å². The van der Waals surface area contributed by atoms with E-state index in [0.29, 0.717) is 4.40 Å². The number of ether oxygens (including phenoxy) is 2. The Kier molecular flexibility index (Phi) is 16.8. The number of nitrogens with zero attached hydrogens (tertiary/aromatic N) is 2. The zero-order chi connectivity index (χ0) is 54.5. The van der Waals surface area contributed by atoms with Crippen molar-refractivity contribution in [1.82, 2.24) is 9.13 Å². The van der Waals surface area contributed by atoms with Gasteiger partial charge in [0.1, 0.15) is 0 Å². The minimum atomic E-state index is -0.197. The summed E-state index contributed by atoms with van der Waals surface area (Å²) in [4.78, 5) is 0. The van der Waals surface area contributed by atoms with E-state index in [1.165, 1.54) is 0 Å². The number of imidazole rings is 1. The van der Waals surface area contributed by atoms with Crippen LogP contribution in [0.4, 0.5) is 0 Å². The van der Waals surface area contributed by atoms with Crippen molar-refractivity contribution in [2.24, 2.45) is 0 Å². The van der Waals surface area contributed by atoms with Gasteiger partial charge in [-0.3, -0.25) is 0 Å². The third kappa shape index (κ3) is 11.5. The van der Waals surface area contributed by atoms with Gasteiger partial charge in [0, 0.05) is 0 Å². The van der Waals surface area contributed by atoms with Gasteiger partial charge in [-0.15, -0.1) is 0 Å². The third-order valence-electron chi connectivity index (χ3n) is 14.9. The second-order valence-electron chi connectivity index (χ2n) is 19.8. The molecule has 0 N–H and O–H groups in total. The molecule has 0 saturated carbocycles. The van der Waals surface area contributed by atoms with Crippen LogP contribution >= 0.6 is 0 Å². The quantitative estimate of drug-likeness (QED) is 0.0713. The summed E-state index contributed by atoms with van der Waals surface area (Å²) in [5.41, 5.74) is 15.6. The van der Waals surface area contributed by atoms with Gasteiger partial charge in [-0.2, -0.15) is 0 Å². The first-order valence-electron chi connectivity index (χ1n) is 27.2. The van der Waals surface area contributed by atoms with Gasteiger partial charge in [0.15, 0.2) is 0 Å². The SMILES string of the molecule is COc1cc(C(c2ccccc2)c2ccccc2)c(-n2ccn(-c3c(C(c4ccccc4)c4ccccc4)cc(OC)cc3C(c3ccccc3)c3ccccc3)[c]2=[Ni])c(C(c2ccccc2)c2ccccc2)c1.c1ccccc1. The predicted octanol–water partition coefficient (Wildman–Crippen LogP) is 17.8. The zero-order valence-electron chi connectivity index (χ0n) is 44.9. The molecule has 0 spiro atoms. The van der Waals surface area contributed by atoms with Gasteiger partial charge in [0.2, 0.25) is 0 Å². The second kappa shape index (κ2) is 25.5. The number of hydrogen-bond donors (Lipinski definition) is 0. The molecular weight excluding hydrogens is 1020 g/mol. The Morgan fingerprint density at radius 3 is 0.588 bits per heavy atom. The van der Waals surface area contributed by atoms with Crippen molar-refractivity contribution in [1.29, 1.82) is 0 Å². The molecule has 12 rings (SSSR count). The summed E-state index contributed by atoms with van der Waals surface area (Å²) in [6.45, 7) is 0. The van der Waals surface area contributed by atoms with Crippen LogP contribution in [0.25, 0.3) is 11.4 Å². The first-order valence-corrected chi connectivity index (χ1v) is 27.7. The van der Waals surface area contributed by atoms with E-state index in [4.69, 9.17) is 24.5 Å². The average molecular weight is 1080 g/mol. The number of aromatic nitrogens is 2. The molecule has 0 aliphatic heterocycles. The third-order valence-corrected chi connectivity index (χ3v) is 15.4. The number of benzene rings is 11. The molecule has 0 fully saturated rings. The van der Waals surface area contributed by atoms with E-state index >= 15 is 0 Å². The van der Waals surface area contributed by atoms with Gasteiger partial charge in [0.25, 0.3) is 0 Å². The number of methoxy groups -OCH3 is 2. The van der Waals surface area contributed by atoms with Crippen molar-refractivity contribution in [3.8, 4) is 22.9 Å². The monoisotopic (exact) mass is 1080 g/mol. The fourth-order valence-corrected chi connectivity index (χ4v) is 11.8. The molecule has 0 unspecified atom stereocenters. The van der Waals surface area contributed by atoms with Crippen LogP contribution in [-0.2, 0) is 15.0 Å². The van der Waals surface area contributed by atoms with Crippen LogP contribution in [-0.4, -0.2) is 23.4 Å². The van der Waals surface area contributed by atoms with Crippen LogP contribution in [0.1, 0.15) is 90.4 Å². The number of rotatable bonds is 16. The summed E-state index contributed by atoms with van der Waals surface area (Å²) < 4.78 is 17.9. The predicted molar refractivity (Wildman–Crippen MR) is 323 cm³/mol. The van der Waals surface area contributed by atoms with Crippen molar-refractivity contribution < 1.29 is 24.5 Å². The molecule has 1 aromatic heterocycles. The van der Waals surface area contributed by atoms with E-state index in [9.17, 15) is 0 Å². The van der Waals surface area contributed by atoms with Crippen molar-refractivity contribution in [3.63, 3.8) is 0 Å². The Morgan fingerprint density at radius 1 is 0.263 bits per heavy atom. The minimum absolute atomic E-state index is 0.197. The van der Waals surface area contributed by atoms with Gasteiger partial charge < -0.3 is 0 Å². The molecule has 0 aliphatic rings. The van der Waals surface area contributed by atoms with Gasteiger partial charge in [0.05, 0.1) is 0 Å². The zero-order valence-corrected chi connectivity index (χ0v) is 45.8. The normalized spacial score (nSPS) is 11.2. The Morgan fingerprint density at radius 2 is 0.425 bits per heavy atom. The van der Waals surface area contributed by atoms with E-state index < -0.39 is 0 Å². The topological polar surface area (TPSA) is 28.3 Å². The average Bonchev–Trinajstić information content (AvgIpc) is 3.96. The van der Waals surface area contributed by atoms with Crippen molar-refractivity contribution in [3.05, 3.63) is 387 Å². The standard InChI is InChI=1S/C69H56N2O2.C6H6.Ni/c1-72-58-45-60(64(50-27-11-3-12-28-50)51-29-13-4-14-30-51)68(61(46-58)65(52-31-15-5-16-32-52)53-33-17-6-18-34-53)70-43-44-71(49-70)69-62(66(54-35-19-7-20-36-54)55-37-21-8-22-38-55)47-59(73-2)48-63(69)67(56-39-23-9-24-40-56)57-41-25-10-26-42-57;1-2-4-6-5-3-1;/h3-48,64-67H,1-2H3;1-6H;. The molecule has 4 nitrogen and oxygen atoms in total. The molecule has 394 valence electrons. The molecule has 0 bridgehead atoms. The van der Waals surface area contributed by atoms with Gasteiger partial charge in [-0.25, -0.2) is 0 Å². The van der Waals surface area contributed by atoms with E-state index in [-0.39, 0.29) is 23.7 Å². The van der Waals surface area contributed by atoms with Crippen LogP contribution in [0.2, 0.25) is 0 Å². The molecule has 0 radical (unpaired) electrons. The molecular formula is C75H62N2NiO2. The molecule has 0 atom stereocenters. The first kappa shape index (κ1) is 52.8. The van der Waals surface area contributed by atoms with E-state index in [2.05, 4.69) is 288 Å². The fourth-order valence-electron chi connectivity index (χ4n) is 11.4. The molecule has 0 amide bonds. The Hall–Kier alpha value is -9.28. The maximum absolute atomic E-state index is 6.61. The Balaban J connectivity index is 0.00000106. The smallest absolute Gasteiger partial charge is 0.0623 e. The molecule has 0 aliphatic carbocycles. The summed E-state index contributed by atoms with van der Waals surface area (Å²) in [5.74, 6) is 0.746. The minimum Gasteiger partial charge on any atom is -0.0623 e. The maximum atomic E-state index is 6.61. The second-order valence-corrected chi connectivity index (χ2v) is 20.2. The van der Waals surface area contributed by atoms with Crippen LogP contribution < -0.4 is 9.47 Å². The van der Waals surface area contributed by atoms with Gasteiger partial charge in [-0.1, -0.05) is 36.4 Å². The van der Waals surface area contributed by atoms with Gasteiger partial charge in [-0.05, 0) is 0 Å². The first-order chi connectivity index (χ1) is 39.6. The van der Waals surface area contributed by atoms with Gasteiger partial charge >= 0.3 is 445 Å². The molecule has 80 heavy (non-hydrogen) atoms. The maximum Gasteiger partial charge on any atom is -0.0623 e. The summed E-state index contributed by atoms with van der Waals surface area (Å²) in [6.07, 6.45) is 4.37. The number of hydrogen-bond acceptors (Lipinski definition) is 2. The van der Waals surface area contributed by atoms with E-state index in [1.807, 2.05) is 36.4 Å². The summed E-state index contributed by atoms with van der Waals surface area (Å²) in [7, 11) is 3.54. The summed E-state index contributed by atoms with van der Waals surface area (Å²) in [5, 5.41) is 0. The molecule has 5 heteroatoms. The van der Waals surface area contributed by atoms with Crippen molar-refractivity contribution in [2.45, 2.75) is 23.7 Å². The molecule has 12 aromatic rings. The molecule has 1 heterocycles. The van der Waals surface area contributed by atoms with Crippen LogP contribution in [0.15, 0.2) is 316 Å². The molecule has 0 saturated heterocycles. The van der Waals surface area contributed by atoms with E-state index in [0.717, 1.165) is 89.6 Å². The Bertz CT molecular complexity index is 3280. The van der Waals surface area contributed by atoms with E-state index in [1.54, 1.807) is 14.2 Å².